The molecular formula is C18H23N3O5S. The van der Waals surface area contributed by atoms with E-state index in [4.69, 9.17) is 13.9 Å². The summed E-state index contributed by atoms with van der Waals surface area (Å²) in [6, 6.07) is 4.79. The van der Waals surface area contributed by atoms with E-state index in [1.165, 1.54) is 24.6 Å². The minimum absolute atomic E-state index is 0.101. The first-order valence-electron chi connectivity index (χ1n) is 9.08. The summed E-state index contributed by atoms with van der Waals surface area (Å²) >= 11 is 0. The molecule has 0 amide bonds. The first-order valence-corrected chi connectivity index (χ1v) is 10.5. The molecule has 1 saturated carbocycles. The number of hydrogen-bond donors (Lipinski definition) is 0. The minimum Gasteiger partial charge on any atom is -0.497 e. The molecule has 1 aromatic heterocycles. The van der Waals surface area contributed by atoms with Gasteiger partial charge >= 0.3 is 0 Å². The highest BCUT2D eigenvalue weighted by Crippen LogP contribution is 2.40. The van der Waals surface area contributed by atoms with E-state index in [1.54, 1.807) is 12.1 Å². The summed E-state index contributed by atoms with van der Waals surface area (Å²) in [6.45, 7) is 0.795. The van der Waals surface area contributed by atoms with Crippen LogP contribution in [0, 0.1) is 0 Å². The van der Waals surface area contributed by atoms with Crippen molar-refractivity contribution < 1.29 is 22.3 Å². The molecule has 1 aliphatic carbocycles. The van der Waals surface area contributed by atoms with Crippen LogP contribution in [-0.2, 0) is 10.0 Å². The van der Waals surface area contributed by atoms with E-state index in [1.807, 2.05) is 0 Å². The van der Waals surface area contributed by atoms with Crippen LogP contribution in [0.5, 0.6) is 11.5 Å². The number of piperidine rings is 1. The summed E-state index contributed by atoms with van der Waals surface area (Å²) in [5.41, 5.74) is 0. The Morgan fingerprint density at radius 3 is 2.19 bits per heavy atom. The molecule has 0 radical (unpaired) electrons. The number of sulfonamides is 1. The van der Waals surface area contributed by atoms with Crippen molar-refractivity contribution in [2.24, 2.45) is 0 Å². The van der Waals surface area contributed by atoms with Crippen LogP contribution in [0.25, 0.3) is 0 Å². The van der Waals surface area contributed by atoms with Gasteiger partial charge in [-0.05, 0) is 37.8 Å². The van der Waals surface area contributed by atoms with E-state index in [-0.39, 0.29) is 10.8 Å². The summed E-state index contributed by atoms with van der Waals surface area (Å²) in [5.74, 6) is 2.66. The lowest BCUT2D eigenvalue weighted by atomic mass is 9.98. The van der Waals surface area contributed by atoms with E-state index in [0.29, 0.717) is 49.2 Å². The highest BCUT2D eigenvalue weighted by Gasteiger charge is 2.35. The largest absolute Gasteiger partial charge is 0.497 e. The molecule has 2 heterocycles. The van der Waals surface area contributed by atoms with E-state index < -0.39 is 10.0 Å². The van der Waals surface area contributed by atoms with Gasteiger partial charge < -0.3 is 13.9 Å². The molecule has 0 N–H and O–H groups in total. The normalized spacial score (nSPS) is 19.2. The molecule has 0 spiro atoms. The fourth-order valence-electron chi connectivity index (χ4n) is 3.37. The third-order valence-electron chi connectivity index (χ3n) is 5.17. The van der Waals surface area contributed by atoms with Crippen molar-refractivity contribution in [3.8, 4) is 11.5 Å². The van der Waals surface area contributed by atoms with Gasteiger partial charge in [0, 0.05) is 31.0 Å². The Morgan fingerprint density at radius 1 is 1.00 bits per heavy atom. The minimum atomic E-state index is -3.68. The number of hydrogen-bond acceptors (Lipinski definition) is 7. The highest BCUT2D eigenvalue weighted by atomic mass is 32.2. The van der Waals surface area contributed by atoms with Crippen LogP contribution in [0.2, 0.25) is 0 Å². The van der Waals surface area contributed by atoms with Crippen molar-refractivity contribution in [2.45, 2.75) is 42.4 Å². The van der Waals surface area contributed by atoms with E-state index in [2.05, 4.69) is 10.2 Å². The number of nitrogens with zero attached hydrogens (tertiary/aromatic N) is 3. The summed E-state index contributed by atoms with van der Waals surface area (Å²) in [6.07, 6.45) is 3.52. The quantitative estimate of drug-likeness (QED) is 0.744. The Morgan fingerprint density at radius 2 is 1.63 bits per heavy atom. The number of rotatable bonds is 6. The van der Waals surface area contributed by atoms with Gasteiger partial charge in [0.15, 0.2) is 0 Å². The molecule has 146 valence electrons. The zero-order chi connectivity index (χ0) is 19.0. The fraction of sp³-hybridized carbons (Fsp3) is 0.556. The van der Waals surface area contributed by atoms with Crippen molar-refractivity contribution >= 4 is 10.0 Å². The molecule has 2 aliphatic rings. The highest BCUT2D eigenvalue weighted by molar-refractivity contribution is 7.89. The molecule has 27 heavy (non-hydrogen) atoms. The van der Waals surface area contributed by atoms with Crippen LogP contribution in [0.1, 0.15) is 49.3 Å². The van der Waals surface area contributed by atoms with Gasteiger partial charge in [-0.15, -0.1) is 10.2 Å². The van der Waals surface area contributed by atoms with E-state index in [0.717, 1.165) is 18.7 Å². The Labute approximate surface area is 158 Å². The predicted molar refractivity (Wildman–Crippen MR) is 96.6 cm³/mol. The van der Waals surface area contributed by atoms with E-state index in [9.17, 15) is 8.42 Å². The zero-order valence-corrected chi connectivity index (χ0v) is 16.2. The summed E-state index contributed by atoms with van der Waals surface area (Å²) < 4.78 is 43.9. The zero-order valence-electron chi connectivity index (χ0n) is 15.4. The van der Waals surface area contributed by atoms with Gasteiger partial charge in [-0.25, -0.2) is 8.42 Å². The van der Waals surface area contributed by atoms with Crippen LogP contribution in [-0.4, -0.2) is 50.2 Å². The third-order valence-corrected chi connectivity index (χ3v) is 7.09. The number of aromatic nitrogens is 2. The average molecular weight is 393 g/mol. The number of benzene rings is 1. The van der Waals surface area contributed by atoms with Crippen molar-refractivity contribution in [3.63, 3.8) is 0 Å². The van der Waals surface area contributed by atoms with Crippen LogP contribution >= 0.6 is 0 Å². The van der Waals surface area contributed by atoms with Crippen LogP contribution in [0.3, 0.4) is 0 Å². The van der Waals surface area contributed by atoms with Crippen LogP contribution < -0.4 is 9.47 Å². The Hall–Kier alpha value is -2.13. The van der Waals surface area contributed by atoms with Crippen LogP contribution in [0.4, 0.5) is 0 Å². The average Bonchev–Trinajstić information content (AvgIpc) is 3.44. The molecule has 1 aromatic carbocycles. The predicted octanol–water partition coefficient (Wildman–Crippen LogP) is 2.53. The Kier molecular flexibility index (Phi) is 4.81. The third kappa shape index (κ3) is 3.53. The topological polar surface area (TPSA) is 94.8 Å². The molecule has 1 aliphatic heterocycles. The van der Waals surface area contributed by atoms with Crippen LogP contribution in [0.15, 0.2) is 27.5 Å². The van der Waals surface area contributed by atoms with Crippen molar-refractivity contribution in [1.82, 2.24) is 14.5 Å². The smallest absolute Gasteiger partial charge is 0.246 e. The van der Waals surface area contributed by atoms with Crippen molar-refractivity contribution in [3.05, 3.63) is 30.0 Å². The lowest BCUT2D eigenvalue weighted by Gasteiger charge is -2.30. The SMILES string of the molecule is COc1ccc(OC)c(S(=O)(=O)N2CCC(c3nnc(C4CC4)o3)CC2)c1. The number of methoxy groups -OCH3 is 2. The lowest BCUT2D eigenvalue weighted by molar-refractivity contribution is 0.285. The van der Waals surface area contributed by atoms with Gasteiger partial charge in [0.1, 0.15) is 16.4 Å². The summed E-state index contributed by atoms with van der Waals surface area (Å²) in [4.78, 5) is 0.122. The second-order valence-corrected chi connectivity index (χ2v) is 8.85. The van der Waals surface area contributed by atoms with Gasteiger partial charge in [0.25, 0.3) is 0 Å². The summed E-state index contributed by atoms with van der Waals surface area (Å²) in [7, 11) is -0.717. The maximum atomic E-state index is 13.1. The first kappa shape index (κ1) is 18.2. The monoisotopic (exact) mass is 393 g/mol. The molecule has 0 atom stereocenters. The molecule has 8 nitrogen and oxygen atoms in total. The maximum Gasteiger partial charge on any atom is 0.246 e. The second-order valence-electron chi connectivity index (χ2n) is 6.95. The van der Waals surface area contributed by atoms with E-state index >= 15 is 0 Å². The standard InChI is InChI=1S/C18H23N3O5S/c1-24-14-5-6-15(25-2)16(11-14)27(22,23)21-9-7-13(8-10-21)18-20-19-17(26-18)12-3-4-12/h5-6,11-13H,3-4,7-10H2,1-2H3. The molecule has 9 heteroatoms. The summed E-state index contributed by atoms with van der Waals surface area (Å²) in [5, 5.41) is 8.31. The lowest BCUT2D eigenvalue weighted by Crippen LogP contribution is -2.38. The first-order chi connectivity index (χ1) is 13.0. The Balaban J connectivity index is 1.49. The molecule has 2 fully saturated rings. The van der Waals surface area contributed by atoms with Gasteiger partial charge in [0.05, 0.1) is 14.2 Å². The molecule has 4 rings (SSSR count). The molecule has 0 unspecified atom stereocenters. The molecule has 2 aromatic rings. The van der Waals surface area contributed by atoms with Gasteiger partial charge in [-0.1, -0.05) is 0 Å². The fourth-order valence-corrected chi connectivity index (χ4v) is 5.01. The number of ether oxygens (including phenoxy) is 2. The van der Waals surface area contributed by atoms with Gasteiger partial charge in [-0.2, -0.15) is 4.31 Å². The maximum absolute atomic E-state index is 13.1. The van der Waals surface area contributed by atoms with Crippen molar-refractivity contribution in [1.29, 1.82) is 0 Å². The molecular weight excluding hydrogens is 370 g/mol. The molecule has 0 bridgehead atoms. The second kappa shape index (κ2) is 7.12. The van der Waals surface area contributed by atoms with Gasteiger partial charge in [-0.3, -0.25) is 0 Å². The molecule has 1 saturated heterocycles. The van der Waals surface area contributed by atoms with Gasteiger partial charge in [0.2, 0.25) is 21.8 Å². The Bertz CT molecular complexity index is 915. The van der Waals surface area contributed by atoms with Crippen molar-refractivity contribution in [2.75, 3.05) is 27.3 Å².